The number of benzene rings is 1. The zero-order valence-corrected chi connectivity index (χ0v) is 11.0. The molecule has 2 rings (SSSR count). The maximum Gasteiger partial charge on any atom is 0.264 e. The van der Waals surface area contributed by atoms with Crippen LogP contribution in [-0.2, 0) is 15.6 Å². The van der Waals surface area contributed by atoms with E-state index >= 15 is 0 Å². The van der Waals surface area contributed by atoms with E-state index in [1.54, 1.807) is 13.0 Å². The molecule has 1 aromatic heterocycles. The van der Waals surface area contributed by atoms with Crippen molar-refractivity contribution in [3.05, 3.63) is 47.5 Å². The molecule has 0 radical (unpaired) electrons. The Kier molecular flexibility index (Phi) is 3.41. The Morgan fingerprint density at radius 1 is 1.44 bits per heavy atom. The fourth-order valence-corrected chi connectivity index (χ4v) is 2.23. The minimum Gasteiger partial charge on any atom is -0.267 e. The van der Waals surface area contributed by atoms with Gasteiger partial charge in [0.25, 0.3) is 9.05 Å². The first-order valence-electron chi connectivity index (χ1n) is 5.08. The molecule has 0 aliphatic rings. The minimum absolute atomic E-state index is 0.0519. The normalized spacial score (nSPS) is 11.7. The predicted molar refractivity (Wildman–Crippen MR) is 65.5 cm³/mol. The first kappa shape index (κ1) is 13.0. The molecule has 96 valence electrons. The van der Waals surface area contributed by atoms with E-state index in [9.17, 15) is 12.8 Å². The molecule has 0 spiro atoms. The van der Waals surface area contributed by atoms with Gasteiger partial charge in [-0.1, -0.05) is 6.07 Å². The molecule has 0 amide bonds. The highest BCUT2D eigenvalue weighted by molar-refractivity contribution is 8.13. The highest BCUT2D eigenvalue weighted by Crippen LogP contribution is 2.15. The Morgan fingerprint density at radius 2 is 2.17 bits per heavy atom. The third kappa shape index (κ3) is 2.88. The second-order valence-electron chi connectivity index (χ2n) is 3.88. The molecule has 18 heavy (non-hydrogen) atoms. The Labute approximate surface area is 108 Å². The summed E-state index contributed by atoms with van der Waals surface area (Å²) in [5.41, 5.74) is 1.64. The van der Waals surface area contributed by atoms with Crippen molar-refractivity contribution in [3.8, 4) is 0 Å². The van der Waals surface area contributed by atoms with E-state index in [1.165, 1.54) is 29.2 Å². The van der Waals surface area contributed by atoms with Gasteiger partial charge in [-0.2, -0.15) is 5.10 Å². The van der Waals surface area contributed by atoms with Gasteiger partial charge in [0.15, 0.2) is 0 Å². The molecule has 0 aliphatic heterocycles. The van der Waals surface area contributed by atoms with Crippen molar-refractivity contribution < 1.29 is 12.8 Å². The smallest absolute Gasteiger partial charge is 0.264 e. The molecular weight excluding hydrogens is 279 g/mol. The second kappa shape index (κ2) is 4.70. The number of hydrogen-bond acceptors (Lipinski definition) is 3. The fraction of sp³-hybridized carbons (Fsp3) is 0.182. The molecule has 0 bridgehead atoms. The summed E-state index contributed by atoms with van der Waals surface area (Å²) in [6.45, 7) is 2.14. The molecular formula is C11H10ClFN2O2S. The highest BCUT2D eigenvalue weighted by atomic mass is 35.7. The summed E-state index contributed by atoms with van der Waals surface area (Å²) >= 11 is 0. The van der Waals surface area contributed by atoms with Crippen LogP contribution in [-0.4, -0.2) is 18.2 Å². The molecule has 4 nitrogen and oxygen atoms in total. The summed E-state index contributed by atoms with van der Waals surface area (Å²) in [5, 5.41) is 3.90. The van der Waals surface area contributed by atoms with Gasteiger partial charge in [-0.05, 0) is 30.2 Å². The van der Waals surface area contributed by atoms with Gasteiger partial charge in [-0.25, -0.2) is 12.8 Å². The van der Waals surface area contributed by atoms with Crippen LogP contribution in [0, 0.1) is 12.7 Å². The molecule has 0 aliphatic carbocycles. The highest BCUT2D eigenvalue weighted by Gasteiger charge is 2.13. The van der Waals surface area contributed by atoms with Gasteiger partial charge in [0.2, 0.25) is 0 Å². The fourth-order valence-electron chi connectivity index (χ4n) is 1.57. The maximum absolute atomic E-state index is 12.9. The average molecular weight is 289 g/mol. The SMILES string of the molecule is Cc1cc(F)ccc1Cn1cc(S(=O)(=O)Cl)cn1. The van der Waals surface area contributed by atoms with E-state index in [0.717, 1.165) is 11.1 Å². The van der Waals surface area contributed by atoms with Crippen molar-refractivity contribution in [1.82, 2.24) is 9.78 Å². The summed E-state index contributed by atoms with van der Waals surface area (Å²) < 4.78 is 36.5. The van der Waals surface area contributed by atoms with Gasteiger partial charge < -0.3 is 0 Å². The monoisotopic (exact) mass is 288 g/mol. The third-order valence-corrected chi connectivity index (χ3v) is 3.84. The Hall–Kier alpha value is -1.40. The summed E-state index contributed by atoms with van der Waals surface area (Å²) in [7, 11) is 1.43. The maximum atomic E-state index is 12.9. The lowest BCUT2D eigenvalue weighted by molar-refractivity contribution is 0.609. The molecule has 0 fully saturated rings. The van der Waals surface area contributed by atoms with E-state index in [1.807, 2.05) is 0 Å². The number of aryl methyl sites for hydroxylation is 1. The third-order valence-electron chi connectivity index (χ3n) is 2.53. The molecule has 1 heterocycles. The van der Waals surface area contributed by atoms with Crippen molar-refractivity contribution in [2.75, 3.05) is 0 Å². The van der Waals surface area contributed by atoms with Crippen LogP contribution < -0.4 is 0 Å². The van der Waals surface area contributed by atoms with E-state index in [-0.39, 0.29) is 10.7 Å². The van der Waals surface area contributed by atoms with Crippen molar-refractivity contribution >= 4 is 19.7 Å². The minimum atomic E-state index is -3.76. The Bertz CT molecular complexity index is 682. The van der Waals surface area contributed by atoms with Gasteiger partial charge in [-0.15, -0.1) is 0 Å². The molecule has 1 aromatic carbocycles. The second-order valence-corrected chi connectivity index (χ2v) is 6.45. The standard InChI is InChI=1S/C11H10ClFN2O2S/c1-8-4-10(13)3-2-9(8)6-15-7-11(5-14-15)18(12,16)17/h2-5,7H,6H2,1H3. The number of hydrogen-bond donors (Lipinski definition) is 0. The van der Waals surface area contributed by atoms with Crippen molar-refractivity contribution in [2.45, 2.75) is 18.4 Å². The number of nitrogens with zero attached hydrogens (tertiary/aromatic N) is 2. The summed E-state index contributed by atoms with van der Waals surface area (Å²) in [6.07, 6.45) is 2.52. The molecule has 0 atom stereocenters. The summed E-state index contributed by atoms with van der Waals surface area (Å²) in [6, 6.07) is 4.41. The van der Waals surface area contributed by atoms with Crippen LogP contribution in [0.2, 0.25) is 0 Å². The number of aromatic nitrogens is 2. The predicted octanol–water partition coefficient (Wildman–Crippen LogP) is 2.31. The van der Waals surface area contributed by atoms with Crippen LogP contribution in [0.1, 0.15) is 11.1 Å². The first-order valence-corrected chi connectivity index (χ1v) is 7.39. The van der Waals surface area contributed by atoms with E-state index < -0.39 is 9.05 Å². The zero-order valence-electron chi connectivity index (χ0n) is 9.47. The molecule has 0 unspecified atom stereocenters. The van der Waals surface area contributed by atoms with E-state index in [0.29, 0.717) is 6.54 Å². The number of halogens is 2. The lowest BCUT2D eigenvalue weighted by Gasteiger charge is -2.05. The van der Waals surface area contributed by atoms with E-state index in [2.05, 4.69) is 5.10 Å². The largest absolute Gasteiger partial charge is 0.267 e. The van der Waals surface area contributed by atoms with Crippen molar-refractivity contribution in [1.29, 1.82) is 0 Å². The summed E-state index contributed by atoms with van der Waals surface area (Å²) in [4.78, 5) is -0.0519. The Balaban J connectivity index is 2.27. The summed E-state index contributed by atoms with van der Waals surface area (Å²) in [5.74, 6) is -0.305. The lowest BCUT2D eigenvalue weighted by Crippen LogP contribution is -2.02. The molecule has 0 saturated carbocycles. The average Bonchev–Trinajstić information content (AvgIpc) is 2.70. The Morgan fingerprint density at radius 3 is 2.72 bits per heavy atom. The van der Waals surface area contributed by atoms with Gasteiger partial charge in [0.05, 0.1) is 12.7 Å². The van der Waals surface area contributed by atoms with E-state index in [4.69, 9.17) is 10.7 Å². The zero-order chi connectivity index (χ0) is 13.3. The van der Waals surface area contributed by atoms with Crippen molar-refractivity contribution in [2.24, 2.45) is 0 Å². The molecule has 0 N–H and O–H groups in total. The van der Waals surface area contributed by atoms with Crippen LogP contribution in [0.5, 0.6) is 0 Å². The van der Waals surface area contributed by atoms with Crippen LogP contribution >= 0.6 is 10.7 Å². The quantitative estimate of drug-likeness (QED) is 0.815. The van der Waals surface area contributed by atoms with Gasteiger partial charge >= 0.3 is 0 Å². The van der Waals surface area contributed by atoms with Gasteiger partial charge in [0, 0.05) is 16.9 Å². The van der Waals surface area contributed by atoms with Gasteiger partial charge in [-0.3, -0.25) is 4.68 Å². The lowest BCUT2D eigenvalue weighted by atomic mass is 10.1. The molecule has 2 aromatic rings. The van der Waals surface area contributed by atoms with Crippen LogP contribution in [0.4, 0.5) is 4.39 Å². The van der Waals surface area contributed by atoms with Crippen molar-refractivity contribution in [3.63, 3.8) is 0 Å². The molecule has 0 saturated heterocycles. The van der Waals surface area contributed by atoms with Crippen LogP contribution in [0.15, 0.2) is 35.5 Å². The van der Waals surface area contributed by atoms with Crippen LogP contribution in [0.25, 0.3) is 0 Å². The first-order chi connectivity index (χ1) is 8.36. The number of rotatable bonds is 3. The topological polar surface area (TPSA) is 52.0 Å². The van der Waals surface area contributed by atoms with Crippen LogP contribution in [0.3, 0.4) is 0 Å². The van der Waals surface area contributed by atoms with Gasteiger partial charge in [0.1, 0.15) is 10.7 Å². The molecule has 7 heteroatoms.